The molecule has 1 heterocycles. The number of fused-ring (bicyclic) bond motifs is 1. The third kappa shape index (κ3) is 6.67. The first-order valence-corrected chi connectivity index (χ1v) is 12.0. The summed E-state index contributed by atoms with van der Waals surface area (Å²) in [6, 6.07) is 19.7. The van der Waals surface area contributed by atoms with E-state index in [2.05, 4.69) is 41.6 Å². The van der Waals surface area contributed by atoms with E-state index in [4.69, 9.17) is 21.4 Å². The van der Waals surface area contributed by atoms with Crippen molar-refractivity contribution in [3.05, 3.63) is 88.8 Å². The zero-order chi connectivity index (χ0) is 24.9. The number of anilines is 1. The minimum atomic E-state index is -0.324. The number of nitrogens with zero attached hydrogens (tertiary/aromatic N) is 1. The van der Waals surface area contributed by atoms with E-state index in [-0.39, 0.29) is 17.6 Å². The molecule has 2 N–H and O–H groups in total. The van der Waals surface area contributed by atoms with Crippen LogP contribution in [-0.2, 0) is 11.2 Å². The number of thiocarbonyl (C=S) groups is 1. The van der Waals surface area contributed by atoms with Gasteiger partial charge in [0.05, 0.1) is 0 Å². The lowest BCUT2D eigenvalue weighted by atomic mass is 10.0. The first-order valence-electron chi connectivity index (χ1n) is 11.6. The van der Waals surface area contributed by atoms with Crippen LogP contribution in [0.3, 0.4) is 0 Å². The molecular formula is C28H29N3O3S. The van der Waals surface area contributed by atoms with Crippen molar-refractivity contribution in [2.24, 2.45) is 0 Å². The summed E-state index contributed by atoms with van der Waals surface area (Å²) in [6.45, 7) is 8.18. The predicted octanol–water partition coefficient (Wildman–Crippen LogP) is 6.05. The van der Waals surface area contributed by atoms with E-state index in [9.17, 15) is 4.79 Å². The van der Waals surface area contributed by atoms with Gasteiger partial charge in [-0.15, -0.1) is 0 Å². The summed E-state index contributed by atoms with van der Waals surface area (Å²) < 4.78 is 11.5. The Balaban J connectivity index is 1.28. The third-order valence-corrected chi connectivity index (χ3v) is 5.71. The summed E-state index contributed by atoms with van der Waals surface area (Å²) in [5.41, 5.74) is 6.91. The van der Waals surface area contributed by atoms with Gasteiger partial charge in [-0.3, -0.25) is 10.1 Å². The fraction of sp³-hybridized carbons (Fsp3) is 0.250. The van der Waals surface area contributed by atoms with E-state index in [0.29, 0.717) is 24.0 Å². The summed E-state index contributed by atoms with van der Waals surface area (Å²) in [5.74, 6) is 1.45. The van der Waals surface area contributed by atoms with Gasteiger partial charge in [-0.2, -0.15) is 0 Å². The van der Waals surface area contributed by atoms with Crippen LogP contribution in [-0.4, -0.2) is 22.6 Å². The maximum Gasteiger partial charge on any atom is 0.264 e. The second kappa shape index (κ2) is 10.7. The van der Waals surface area contributed by atoms with Crippen molar-refractivity contribution >= 4 is 40.0 Å². The van der Waals surface area contributed by atoms with Crippen molar-refractivity contribution in [3.63, 3.8) is 0 Å². The van der Waals surface area contributed by atoms with E-state index in [1.54, 1.807) is 0 Å². The van der Waals surface area contributed by atoms with Crippen LogP contribution in [0, 0.1) is 13.8 Å². The van der Waals surface area contributed by atoms with Crippen LogP contribution in [0.1, 0.15) is 47.9 Å². The minimum Gasteiger partial charge on any atom is -0.484 e. The molecule has 0 bridgehead atoms. The van der Waals surface area contributed by atoms with Crippen molar-refractivity contribution < 1.29 is 13.9 Å². The number of benzene rings is 3. The molecule has 3 aromatic carbocycles. The molecule has 0 atom stereocenters. The van der Waals surface area contributed by atoms with Crippen molar-refractivity contribution in [2.45, 2.75) is 40.0 Å². The average molecular weight is 488 g/mol. The standard InChI is InChI=1S/C28H29N3O3S/c1-17(2)21-7-10-25-24(15-21)30-27(34-25)14-20-5-8-22(9-6-20)29-28(35)31-26(32)16-33-23-12-18(3)11-19(4)13-23/h5-13,15,17H,14,16H2,1-4H3,(H2,29,31,32,35). The lowest BCUT2D eigenvalue weighted by molar-refractivity contribution is -0.121. The molecule has 0 aliphatic rings. The smallest absolute Gasteiger partial charge is 0.264 e. The molecule has 1 amide bonds. The fourth-order valence-corrected chi connectivity index (χ4v) is 4.03. The molecule has 180 valence electrons. The molecule has 0 aliphatic heterocycles. The SMILES string of the molecule is Cc1cc(C)cc(OCC(=O)NC(=S)Nc2ccc(Cc3nc4cc(C(C)C)ccc4o3)cc2)c1. The van der Waals surface area contributed by atoms with Crippen LogP contribution in [0.4, 0.5) is 5.69 Å². The van der Waals surface area contributed by atoms with Gasteiger partial charge < -0.3 is 14.5 Å². The van der Waals surface area contributed by atoms with Gasteiger partial charge >= 0.3 is 0 Å². The Morgan fingerprint density at radius 3 is 2.43 bits per heavy atom. The zero-order valence-electron chi connectivity index (χ0n) is 20.3. The molecule has 0 unspecified atom stereocenters. The average Bonchev–Trinajstić information content (AvgIpc) is 3.20. The largest absolute Gasteiger partial charge is 0.484 e. The number of carbonyl (C=O) groups is 1. The fourth-order valence-electron chi connectivity index (χ4n) is 3.80. The van der Waals surface area contributed by atoms with Crippen LogP contribution in [0.2, 0.25) is 0 Å². The normalized spacial score (nSPS) is 11.0. The number of nitrogens with one attached hydrogen (secondary N) is 2. The van der Waals surface area contributed by atoms with Gasteiger partial charge in [0.25, 0.3) is 5.91 Å². The van der Waals surface area contributed by atoms with E-state index in [0.717, 1.165) is 33.5 Å². The highest BCUT2D eigenvalue weighted by molar-refractivity contribution is 7.80. The molecule has 0 saturated carbocycles. The van der Waals surface area contributed by atoms with Gasteiger partial charge in [0.1, 0.15) is 11.3 Å². The monoisotopic (exact) mass is 487 g/mol. The topological polar surface area (TPSA) is 76.4 Å². The molecule has 35 heavy (non-hydrogen) atoms. The number of aryl methyl sites for hydroxylation is 2. The zero-order valence-corrected chi connectivity index (χ0v) is 21.2. The van der Waals surface area contributed by atoms with Gasteiger partial charge in [0, 0.05) is 12.1 Å². The molecule has 0 saturated heterocycles. The molecule has 4 rings (SSSR count). The maximum absolute atomic E-state index is 12.2. The molecule has 4 aromatic rings. The van der Waals surface area contributed by atoms with E-state index in [1.807, 2.05) is 62.4 Å². The lowest BCUT2D eigenvalue weighted by Crippen LogP contribution is -2.37. The Hall–Kier alpha value is -3.71. The molecule has 1 aromatic heterocycles. The van der Waals surface area contributed by atoms with Crippen LogP contribution in [0.25, 0.3) is 11.1 Å². The summed E-state index contributed by atoms with van der Waals surface area (Å²) in [6.07, 6.45) is 0.586. The highest BCUT2D eigenvalue weighted by Gasteiger charge is 2.10. The Morgan fingerprint density at radius 1 is 1.03 bits per heavy atom. The van der Waals surface area contributed by atoms with Gasteiger partial charge in [-0.1, -0.05) is 38.1 Å². The number of hydrogen-bond acceptors (Lipinski definition) is 5. The number of ether oxygens (including phenoxy) is 1. The number of rotatable bonds is 7. The number of carbonyl (C=O) groups excluding carboxylic acids is 1. The highest BCUT2D eigenvalue weighted by Crippen LogP contribution is 2.23. The number of amides is 1. The third-order valence-electron chi connectivity index (χ3n) is 5.51. The van der Waals surface area contributed by atoms with Crippen molar-refractivity contribution in [2.75, 3.05) is 11.9 Å². The second-order valence-corrected chi connectivity index (χ2v) is 9.39. The minimum absolute atomic E-state index is 0.118. The quantitative estimate of drug-likeness (QED) is 0.309. The van der Waals surface area contributed by atoms with Crippen LogP contribution < -0.4 is 15.4 Å². The summed E-state index contributed by atoms with van der Waals surface area (Å²) in [4.78, 5) is 16.8. The van der Waals surface area contributed by atoms with E-state index >= 15 is 0 Å². The van der Waals surface area contributed by atoms with Gasteiger partial charge in [-0.05, 0) is 90.6 Å². The lowest BCUT2D eigenvalue weighted by Gasteiger charge is -2.11. The summed E-state index contributed by atoms with van der Waals surface area (Å²) in [7, 11) is 0. The summed E-state index contributed by atoms with van der Waals surface area (Å²) >= 11 is 5.26. The number of oxazole rings is 1. The number of aromatic nitrogens is 1. The van der Waals surface area contributed by atoms with Crippen molar-refractivity contribution in [1.29, 1.82) is 0 Å². The molecule has 0 radical (unpaired) electrons. The molecular weight excluding hydrogens is 458 g/mol. The van der Waals surface area contributed by atoms with E-state index < -0.39 is 0 Å². The number of hydrogen-bond donors (Lipinski definition) is 2. The molecule has 0 fully saturated rings. The Bertz CT molecular complexity index is 1340. The van der Waals surface area contributed by atoms with Crippen LogP contribution in [0.15, 0.2) is 65.1 Å². The van der Waals surface area contributed by atoms with E-state index in [1.165, 1.54) is 5.56 Å². The van der Waals surface area contributed by atoms with Gasteiger partial charge in [-0.25, -0.2) is 4.98 Å². The van der Waals surface area contributed by atoms with Gasteiger partial charge in [0.15, 0.2) is 23.2 Å². The Kier molecular flexibility index (Phi) is 7.46. The van der Waals surface area contributed by atoms with Gasteiger partial charge in [0.2, 0.25) is 0 Å². The molecule has 6 nitrogen and oxygen atoms in total. The van der Waals surface area contributed by atoms with Crippen LogP contribution >= 0.6 is 12.2 Å². The Labute approximate surface area is 210 Å². The molecule has 0 aliphatic carbocycles. The highest BCUT2D eigenvalue weighted by atomic mass is 32.1. The predicted molar refractivity (Wildman–Crippen MR) is 143 cm³/mol. The van der Waals surface area contributed by atoms with Crippen LogP contribution in [0.5, 0.6) is 5.75 Å². The molecule has 7 heteroatoms. The summed E-state index contributed by atoms with van der Waals surface area (Å²) in [5, 5.41) is 5.88. The van der Waals surface area contributed by atoms with Crippen molar-refractivity contribution in [1.82, 2.24) is 10.3 Å². The molecule has 0 spiro atoms. The Morgan fingerprint density at radius 2 is 1.74 bits per heavy atom. The maximum atomic E-state index is 12.2. The first-order chi connectivity index (χ1) is 16.7. The second-order valence-electron chi connectivity index (χ2n) is 8.98. The van der Waals surface area contributed by atoms with Crippen molar-refractivity contribution in [3.8, 4) is 5.75 Å². The first kappa shape index (κ1) is 24.4.